The highest BCUT2D eigenvalue weighted by atomic mass is 35.5. The zero-order chi connectivity index (χ0) is 17.8. The normalized spacial score (nSPS) is 10.4. The third kappa shape index (κ3) is 3.78. The Hall–Kier alpha value is -2.92. The summed E-state index contributed by atoms with van der Waals surface area (Å²) in [5.74, 6) is 0.322. The number of aryl methyl sites for hydroxylation is 1. The second-order valence-electron chi connectivity index (χ2n) is 5.43. The highest BCUT2D eigenvalue weighted by Gasteiger charge is 2.11. The van der Waals surface area contributed by atoms with Crippen LogP contribution in [0, 0.1) is 6.92 Å². The number of halogens is 1. The van der Waals surface area contributed by atoms with Gasteiger partial charge in [-0.25, -0.2) is 4.98 Å². The lowest BCUT2D eigenvalue weighted by atomic mass is 10.1. The van der Waals surface area contributed by atoms with Gasteiger partial charge in [0.15, 0.2) is 0 Å². The lowest BCUT2D eigenvalue weighted by Crippen LogP contribution is -2.13. The summed E-state index contributed by atoms with van der Waals surface area (Å²) in [5.41, 5.74) is 3.80. The minimum atomic E-state index is -0.172. The molecule has 0 aliphatic heterocycles. The topological polar surface area (TPSA) is 64.1 Å². The van der Waals surface area contributed by atoms with Crippen LogP contribution >= 0.6 is 11.6 Å². The van der Waals surface area contributed by atoms with Crippen LogP contribution < -0.4 is 10.1 Å². The molecule has 0 radical (unpaired) electrons. The molecule has 1 amide bonds. The summed E-state index contributed by atoms with van der Waals surface area (Å²) >= 11 is 6.03. The van der Waals surface area contributed by atoms with Gasteiger partial charge in [-0.15, -0.1) is 0 Å². The van der Waals surface area contributed by atoms with Crippen LogP contribution in [0.15, 0.2) is 55.0 Å². The molecule has 0 fully saturated rings. The summed E-state index contributed by atoms with van der Waals surface area (Å²) in [6.45, 7) is 1.85. The van der Waals surface area contributed by atoms with Crippen molar-refractivity contribution in [2.45, 2.75) is 6.92 Å². The Bertz CT molecular complexity index is 911. The predicted octanol–water partition coefficient (Wildman–Crippen LogP) is 4.37. The zero-order valence-corrected chi connectivity index (χ0v) is 14.5. The molecular weight excluding hydrogens is 338 g/mol. The summed E-state index contributed by atoms with van der Waals surface area (Å²) in [6.07, 6.45) is 4.80. The maximum atomic E-state index is 12.3. The Morgan fingerprint density at radius 1 is 1.16 bits per heavy atom. The smallest absolute Gasteiger partial charge is 0.256 e. The molecule has 0 atom stereocenters. The van der Waals surface area contributed by atoms with E-state index in [1.807, 2.05) is 31.2 Å². The molecule has 0 saturated heterocycles. The number of hydrogen-bond acceptors (Lipinski definition) is 4. The minimum Gasteiger partial charge on any atom is -0.481 e. The third-order valence-electron chi connectivity index (χ3n) is 3.73. The fourth-order valence-corrected chi connectivity index (χ4v) is 2.61. The first-order valence-corrected chi connectivity index (χ1v) is 7.98. The molecule has 25 heavy (non-hydrogen) atoms. The van der Waals surface area contributed by atoms with Crippen molar-refractivity contribution in [1.29, 1.82) is 0 Å². The maximum Gasteiger partial charge on any atom is 0.256 e. The Kier molecular flexibility index (Phi) is 4.95. The second-order valence-corrected chi connectivity index (χ2v) is 5.87. The van der Waals surface area contributed by atoms with Crippen LogP contribution in [-0.2, 0) is 0 Å². The number of pyridine rings is 2. The van der Waals surface area contributed by atoms with Crippen molar-refractivity contribution < 1.29 is 9.53 Å². The first kappa shape index (κ1) is 16.9. The number of nitrogens with one attached hydrogen (secondary N) is 1. The minimum absolute atomic E-state index is 0.172. The van der Waals surface area contributed by atoms with Gasteiger partial charge in [-0.05, 0) is 42.3 Å². The highest BCUT2D eigenvalue weighted by Crippen LogP contribution is 2.31. The van der Waals surface area contributed by atoms with Crippen molar-refractivity contribution >= 4 is 23.2 Å². The van der Waals surface area contributed by atoms with Gasteiger partial charge in [-0.2, -0.15) is 0 Å². The van der Waals surface area contributed by atoms with Crippen LogP contribution in [0.2, 0.25) is 5.02 Å². The largest absolute Gasteiger partial charge is 0.481 e. The van der Waals surface area contributed by atoms with Crippen LogP contribution in [-0.4, -0.2) is 23.0 Å². The summed E-state index contributed by atoms with van der Waals surface area (Å²) in [7, 11) is 1.56. The molecule has 3 aromatic rings. The first-order chi connectivity index (χ1) is 12.1. The second kappa shape index (κ2) is 7.32. The van der Waals surface area contributed by atoms with Crippen LogP contribution in [0.1, 0.15) is 15.9 Å². The van der Waals surface area contributed by atoms with E-state index in [0.29, 0.717) is 22.2 Å². The molecule has 0 unspecified atom stereocenters. The SMILES string of the molecule is COc1ncc(Cl)cc1-c1ccc(NC(=O)c2ccncc2C)cc1. The van der Waals surface area contributed by atoms with Gasteiger partial charge in [0.1, 0.15) is 0 Å². The van der Waals surface area contributed by atoms with E-state index >= 15 is 0 Å². The average Bonchev–Trinajstić information content (AvgIpc) is 2.62. The molecule has 126 valence electrons. The van der Waals surface area contributed by atoms with E-state index < -0.39 is 0 Å². The molecule has 2 heterocycles. The van der Waals surface area contributed by atoms with E-state index in [1.165, 1.54) is 6.20 Å². The van der Waals surface area contributed by atoms with Crippen molar-refractivity contribution in [2.75, 3.05) is 12.4 Å². The lowest BCUT2D eigenvalue weighted by molar-refractivity contribution is 0.102. The zero-order valence-electron chi connectivity index (χ0n) is 13.8. The van der Waals surface area contributed by atoms with Crippen molar-refractivity contribution in [2.24, 2.45) is 0 Å². The summed E-state index contributed by atoms with van der Waals surface area (Å²) in [6, 6.07) is 10.9. The molecule has 1 N–H and O–H groups in total. The number of ether oxygens (including phenoxy) is 1. The number of benzene rings is 1. The standard InChI is InChI=1S/C19H16ClN3O2/c1-12-10-21-8-7-16(12)18(24)23-15-5-3-13(4-6-15)17-9-14(20)11-22-19(17)25-2/h3-11H,1-2H3,(H,23,24). The number of anilines is 1. The fraction of sp³-hybridized carbons (Fsp3) is 0.105. The number of methoxy groups -OCH3 is 1. The quantitative estimate of drug-likeness (QED) is 0.756. The molecule has 5 nitrogen and oxygen atoms in total. The highest BCUT2D eigenvalue weighted by molar-refractivity contribution is 6.30. The van der Waals surface area contributed by atoms with Gasteiger partial charge in [0.25, 0.3) is 5.91 Å². The van der Waals surface area contributed by atoms with E-state index in [2.05, 4.69) is 15.3 Å². The Balaban J connectivity index is 1.83. The first-order valence-electron chi connectivity index (χ1n) is 7.60. The molecular formula is C19H16ClN3O2. The van der Waals surface area contributed by atoms with Crippen LogP contribution in [0.4, 0.5) is 5.69 Å². The monoisotopic (exact) mass is 353 g/mol. The number of nitrogens with zero attached hydrogens (tertiary/aromatic N) is 2. The fourth-order valence-electron chi connectivity index (χ4n) is 2.46. The average molecular weight is 354 g/mol. The molecule has 6 heteroatoms. The van der Waals surface area contributed by atoms with Gasteiger partial charge in [0, 0.05) is 35.4 Å². The van der Waals surface area contributed by atoms with Gasteiger partial charge < -0.3 is 10.1 Å². The Labute approximate surface area is 150 Å². The Morgan fingerprint density at radius 3 is 2.60 bits per heavy atom. The third-order valence-corrected chi connectivity index (χ3v) is 3.94. The number of aromatic nitrogens is 2. The van der Waals surface area contributed by atoms with Gasteiger partial charge in [0.05, 0.1) is 12.1 Å². The maximum absolute atomic E-state index is 12.3. The van der Waals surface area contributed by atoms with Gasteiger partial charge in [0.2, 0.25) is 5.88 Å². The molecule has 3 rings (SSSR count). The molecule has 0 saturated carbocycles. The van der Waals surface area contributed by atoms with Crippen molar-refractivity contribution in [3.63, 3.8) is 0 Å². The van der Waals surface area contributed by atoms with Crippen LogP contribution in [0.25, 0.3) is 11.1 Å². The molecule has 0 bridgehead atoms. The van der Waals surface area contributed by atoms with Gasteiger partial charge in [-0.1, -0.05) is 23.7 Å². The predicted molar refractivity (Wildman–Crippen MR) is 98.2 cm³/mol. The molecule has 2 aromatic heterocycles. The molecule has 0 aliphatic rings. The number of carbonyl (C=O) groups excluding carboxylic acids is 1. The molecule has 0 aliphatic carbocycles. The van der Waals surface area contributed by atoms with Crippen molar-refractivity contribution in [3.05, 3.63) is 71.1 Å². The number of rotatable bonds is 4. The van der Waals surface area contributed by atoms with Gasteiger partial charge >= 0.3 is 0 Å². The summed E-state index contributed by atoms with van der Waals surface area (Å²) in [5, 5.41) is 3.41. The van der Waals surface area contributed by atoms with E-state index in [1.54, 1.807) is 31.6 Å². The van der Waals surface area contributed by atoms with E-state index in [4.69, 9.17) is 16.3 Å². The Morgan fingerprint density at radius 2 is 1.92 bits per heavy atom. The molecule has 0 spiro atoms. The summed E-state index contributed by atoms with van der Waals surface area (Å²) in [4.78, 5) is 20.5. The number of carbonyl (C=O) groups is 1. The number of hydrogen-bond donors (Lipinski definition) is 1. The van der Waals surface area contributed by atoms with Crippen molar-refractivity contribution in [3.8, 4) is 17.0 Å². The van der Waals surface area contributed by atoms with Crippen LogP contribution in [0.5, 0.6) is 5.88 Å². The van der Waals surface area contributed by atoms with E-state index in [0.717, 1.165) is 16.7 Å². The lowest BCUT2D eigenvalue weighted by Gasteiger charge is -2.10. The van der Waals surface area contributed by atoms with E-state index in [-0.39, 0.29) is 5.91 Å². The summed E-state index contributed by atoms with van der Waals surface area (Å²) < 4.78 is 5.28. The van der Waals surface area contributed by atoms with Crippen LogP contribution in [0.3, 0.4) is 0 Å². The van der Waals surface area contributed by atoms with Crippen molar-refractivity contribution in [1.82, 2.24) is 9.97 Å². The molecule has 1 aromatic carbocycles. The van der Waals surface area contributed by atoms with E-state index in [9.17, 15) is 4.79 Å². The van der Waals surface area contributed by atoms with Gasteiger partial charge in [-0.3, -0.25) is 9.78 Å². The number of amides is 1.